The van der Waals surface area contributed by atoms with Gasteiger partial charge in [-0.05, 0) is 48.9 Å². The molecule has 4 rings (SSSR count). The average Bonchev–Trinajstić information content (AvgIpc) is 3.27. The molecule has 0 aliphatic heterocycles. The fourth-order valence-corrected chi connectivity index (χ4v) is 4.36. The highest BCUT2D eigenvalue weighted by Crippen LogP contribution is 2.35. The summed E-state index contributed by atoms with van der Waals surface area (Å²) >= 11 is 1.48. The smallest absolute Gasteiger partial charge is 0.346 e. The number of carboxylic acids is 1. The number of thiophene rings is 1. The number of rotatable bonds is 4. The highest BCUT2D eigenvalue weighted by Gasteiger charge is 2.12. The topological polar surface area (TPSA) is 66.0 Å². The summed E-state index contributed by atoms with van der Waals surface area (Å²) in [4.78, 5) is 12.8. The maximum Gasteiger partial charge on any atom is 0.346 e. The van der Waals surface area contributed by atoms with Gasteiger partial charge >= 0.3 is 5.97 Å². The number of benzene rings is 2. The molecule has 2 heterocycles. The fourth-order valence-electron chi connectivity index (χ4n) is 3.42. The monoisotopic (exact) mass is 372 g/mol. The number of carboxylic acid groups (broad SMARTS) is 1. The highest BCUT2D eigenvalue weighted by atomic mass is 32.1. The Morgan fingerprint density at radius 1 is 1.15 bits per heavy atom. The number of hydrogen-bond acceptors (Lipinski definition) is 3. The Morgan fingerprint density at radius 3 is 2.67 bits per heavy atom. The van der Waals surface area contributed by atoms with Crippen LogP contribution >= 0.6 is 11.3 Å². The Labute approximate surface area is 160 Å². The first-order valence-corrected chi connectivity index (χ1v) is 9.40. The second-order valence-electron chi connectivity index (χ2n) is 6.17. The lowest BCUT2D eigenvalue weighted by Gasteiger charge is -2.03. The number of nitrogens with zero attached hydrogens (tertiary/aromatic N) is 2. The molecule has 0 spiro atoms. The van der Waals surface area contributed by atoms with Gasteiger partial charge in [0.2, 0.25) is 0 Å². The number of carbonyl (C=O) groups is 1. The first-order chi connectivity index (χ1) is 13.1. The molecule has 0 saturated heterocycles. The summed E-state index contributed by atoms with van der Waals surface area (Å²) in [7, 11) is 0. The zero-order chi connectivity index (χ0) is 19.0. The van der Waals surface area contributed by atoms with Gasteiger partial charge in [-0.3, -0.25) is 0 Å². The highest BCUT2D eigenvalue weighted by molar-refractivity contribution is 7.16. The van der Waals surface area contributed by atoms with E-state index in [4.69, 9.17) is 10.4 Å². The van der Waals surface area contributed by atoms with Gasteiger partial charge in [0.05, 0.1) is 0 Å². The Kier molecular flexibility index (Phi) is 4.27. The zero-order valence-corrected chi connectivity index (χ0v) is 15.5. The van der Waals surface area contributed by atoms with Crippen LogP contribution in [0.4, 0.5) is 0 Å². The number of aliphatic carboxylic acids is 1. The summed E-state index contributed by atoms with van der Waals surface area (Å²) < 4.78 is 2.31. The molecule has 0 amide bonds. The summed E-state index contributed by atoms with van der Waals surface area (Å²) in [6, 6.07) is 20.3. The van der Waals surface area contributed by atoms with Gasteiger partial charge in [-0.2, -0.15) is 5.26 Å². The van der Waals surface area contributed by atoms with Gasteiger partial charge in [0, 0.05) is 38.1 Å². The first-order valence-electron chi connectivity index (χ1n) is 8.58. The molecule has 0 bridgehead atoms. The van der Waals surface area contributed by atoms with Crippen molar-refractivity contribution in [2.75, 3.05) is 0 Å². The van der Waals surface area contributed by atoms with E-state index in [-0.39, 0.29) is 5.57 Å². The van der Waals surface area contributed by atoms with Crippen molar-refractivity contribution < 1.29 is 9.90 Å². The van der Waals surface area contributed by atoms with Crippen molar-refractivity contribution >= 4 is 45.2 Å². The summed E-state index contributed by atoms with van der Waals surface area (Å²) in [5.41, 5.74) is 3.25. The number of fused-ring (bicyclic) bond motifs is 3. The summed E-state index contributed by atoms with van der Waals surface area (Å²) in [5, 5.41) is 20.4. The molecule has 27 heavy (non-hydrogen) atoms. The molecule has 0 atom stereocenters. The minimum Gasteiger partial charge on any atom is -0.477 e. The average molecular weight is 372 g/mol. The van der Waals surface area contributed by atoms with Gasteiger partial charge in [0.25, 0.3) is 0 Å². The number of nitriles is 1. The standard InChI is InChI=1S/C22H16N2O2S/c1-2-24-19-6-4-3-5-17(19)18-12-14(7-9-20(18)24)21-10-8-16(27-21)11-15(13-23)22(25)26/h3-12H,2H2,1H3,(H,25,26). The van der Waals surface area contributed by atoms with E-state index in [0.29, 0.717) is 0 Å². The van der Waals surface area contributed by atoms with Crippen LogP contribution in [-0.2, 0) is 11.3 Å². The fraction of sp³-hybridized carbons (Fsp3) is 0.0909. The molecule has 132 valence electrons. The van der Waals surface area contributed by atoms with Crippen LogP contribution in [0.5, 0.6) is 0 Å². The third kappa shape index (κ3) is 2.90. The largest absolute Gasteiger partial charge is 0.477 e. The maximum absolute atomic E-state index is 11.0. The van der Waals surface area contributed by atoms with E-state index in [1.54, 1.807) is 6.07 Å². The minimum atomic E-state index is -1.21. The molecular formula is C22H16N2O2S. The minimum absolute atomic E-state index is 0.259. The van der Waals surface area contributed by atoms with E-state index in [2.05, 4.69) is 54.0 Å². The first kappa shape index (κ1) is 17.1. The van der Waals surface area contributed by atoms with Crippen molar-refractivity contribution in [3.05, 3.63) is 65.0 Å². The number of hydrogen-bond donors (Lipinski definition) is 1. The predicted octanol–water partition coefficient (Wildman–Crippen LogP) is 5.53. The number of aromatic nitrogens is 1. The van der Waals surface area contributed by atoms with Gasteiger partial charge in [-0.25, -0.2) is 4.79 Å². The van der Waals surface area contributed by atoms with E-state index in [9.17, 15) is 4.79 Å². The van der Waals surface area contributed by atoms with E-state index in [0.717, 1.165) is 21.9 Å². The van der Waals surface area contributed by atoms with Gasteiger partial charge in [-0.1, -0.05) is 24.3 Å². The zero-order valence-electron chi connectivity index (χ0n) is 14.6. The summed E-state index contributed by atoms with van der Waals surface area (Å²) in [6.45, 7) is 3.05. The second kappa shape index (κ2) is 6.75. The van der Waals surface area contributed by atoms with Crippen molar-refractivity contribution in [3.8, 4) is 16.5 Å². The molecule has 0 unspecified atom stereocenters. The van der Waals surface area contributed by atoms with Crippen molar-refractivity contribution in [1.29, 1.82) is 5.26 Å². The van der Waals surface area contributed by atoms with Crippen LogP contribution in [0.2, 0.25) is 0 Å². The lowest BCUT2D eigenvalue weighted by atomic mass is 10.1. The van der Waals surface area contributed by atoms with Gasteiger partial charge in [-0.15, -0.1) is 11.3 Å². The quantitative estimate of drug-likeness (QED) is 0.378. The molecule has 2 aromatic carbocycles. The second-order valence-corrected chi connectivity index (χ2v) is 7.29. The van der Waals surface area contributed by atoms with Crippen LogP contribution in [0.25, 0.3) is 38.3 Å². The molecule has 0 aliphatic rings. The van der Waals surface area contributed by atoms with Crippen LogP contribution in [-0.4, -0.2) is 15.6 Å². The van der Waals surface area contributed by atoms with Crippen LogP contribution in [0, 0.1) is 11.3 Å². The van der Waals surface area contributed by atoms with Crippen LogP contribution in [0.1, 0.15) is 11.8 Å². The predicted molar refractivity (Wildman–Crippen MR) is 110 cm³/mol. The van der Waals surface area contributed by atoms with Crippen molar-refractivity contribution in [1.82, 2.24) is 4.57 Å². The molecule has 1 N–H and O–H groups in total. The molecule has 0 saturated carbocycles. The molecule has 0 fully saturated rings. The molecule has 0 radical (unpaired) electrons. The van der Waals surface area contributed by atoms with Gasteiger partial charge in [0.15, 0.2) is 0 Å². The Hall–Kier alpha value is -3.36. The summed E-state index contributed by atoms with van der Waals surface area (Å²) in [6.07, 6.45) is 1.41. The molecule has 2 aromatic heterocycles. The lowest BCUT2D eigenvalue weighted by molar-refractivity contribution is -0.132. The molecular weight excluding hydrogens is 356 g/mol. The Balaban J connectivity index is 1.83. The van der Waals surface area contributed by atoms with E-state index < -0.39 is 5.97 Å². The van der Waals surface area contributed by atoms with Crippen molar-refractivity contribution in [2.24, 2.45) is 0 Å². The van der Waals surface area contributed by atoms with Gasteiger partial charge in [0.1, 0.15) is 11.6 Å². The lowest BCUT2D eigenvalue weighted by Crippen LogP contribution is -1.96. The Bertz CT molecular complexity index is 1250. The molecule has 4 nitrogen and oxygen atoms in total. The maximum atomic E-state index is 11.0. The molecule has 5 heteroatoms. The van der Waals surface area contributed by atoms with Crippen LogP contribution in [0.15, 0.2) is 60.2 Å². The third-order valence-electron chi connectivity index (χ3n) is 4.64. The van der Waals surface area contributed by atoms with Crippen molar-refractivity contribution in [3.63, 3.8) is 0 Å². The Morgan fingerprint density at radius 2 is 1.93 bits per heavy atom. The number of aryl methyl sites for hydroxylation is 1. The van der Waals surface area contributed by atoms with Gasteiger partial charge < -0.3 is 9.67 Å². The van der Waals surface area contributed by atoms with Crippen molar-refractivity contribution in [2.45, 2.75) is 13.5 Å². The van der Waals surface area contributed by atoms with Crippen LogP contribution in [0.3, 0.4) is 0 Å². The van der Waals surface area contributed by atoms with E-state index in [1.165, 1.54) is 39.2 Å². The third-order valence-corrected chi connectivity index (χ3v) is 5.72. The van der Waals surface area contributed by atoms with E-state index >= 15 is 0 Å². The normalized spacial score (nSPS) is 11.8. The SMILES string of the molecule is CCn1c2ccccc2c2cc(-c3ccc(C=C(C#N)C(=O)O)s3)ccc21. The molecule has 0 aliphatic carbocycles. The molecule has 4 aromatic rings. The summed E-state index contributed by atoms with van der Waals surface area (Å²) in [5.74, 6) is -1.21. The van der Waals surface area contributed by atoms with E-state index in [1.807, 2.05) is 12.1 Å². The van der Waals surface area contributed by atoms with Crippen LogP contribution < -0.4 is 0 Å². The number of para-hydroxylation sites is 1.